The van der Waals surface area contributed by atoms with Crippen molar-refractivity contribution in [3.8, 4) is 0 Å². The summed E-state index contributed by atoms with van der Waals surface area (Å²) in [6.45, 7) is 2.22. The molecule has 0 bridgehead atoms. The molecule has 0 saturated carbocycles. The lowest BCUT2D eigenvalue weighted by Gasteiger charge is -2.18. The highest BCUT2D eigenvalue weighted by atomic mass is 16.5. The maximum absolute atomic E-state index is 5.57. The molecule has 5 heteroatoms. The van der Waals surface area contributed by atoms with Gasteiger partial charge in [0.2, 0.25) is 11.8 Å². The van der Waals surface area contributed by atoms with E-state index in [2.05, 4.69) is 10.2 Å². The fraction of sp³-hybridized carbons (Fsp3) is 0.800. The topological polar surface area (TPSA) is 74.2 Å². The van der Waals surface area contributed by atoms with E-state index in [0.717, 1.165) is 38.2 Å². The standard InChI is InChI=1S/C10H17N3O2/c11-5-1-4-9-12-13-10(15-9)8-3-2-6-14-7-8/h8H,1-7,11H2. The first-order valence-corrected chi connectivity index (χ1v) is 5.50. The molecule has 1 fully saturated rings. The van der Waals surface area contributed by atoms with Crippen LogP contribution in [0.25, 0.3) is 0 Å². The van der Waals surface area contributed by atoms with Crippen molar-refractivity contribution >= 4 is 0 Å². The van der Waals surface area contributed by atoms with Gasteiger partial charge in [-0.25, -0.2) is 0 Å². The Kier molecular flexibility index (Phi) is 3.69. The maximum atomic E-state index is 5.57. The molecule has 15 heavy (non-hydrogen) atoms. The molecule has 1 aromatic rings. The fourth-order valence-corrected chi connectivity index (χ4v) is 1.72. The number of hydrogen-bond donors (Lipinski definition) is 1. The lowest BCUT2D eigenvalue weighted by atomic mass is 10.0. The Morgan fingerprint density at radius 1 is 1.40 bits per heavy atom. The Morgan fingerprint density at radius 3 is 3.07 bits per heavy atom. The SMILES string of the molecule is NCCCc1nnc(C2CCCOC2)o1. The molecule has 0 radical (unpaired) electrons. The molecule has 1 atom stereocenters. The minimum Gasteiger partial charge on any atom is -0.425 e. The molecule has 0 spiro atoms. The van der Waals surface area contributed by atoms with Crippen LogP contribution in [-0.4, -0.2) is 30.0 Å². The summed E-state index contributed by atoms with van der Waals surface area (Å²) >= 11 is 0. The molecule has 2 rings (SSSR count). The van der Waals surface area contributed by atoms with Crippen LogP contribution < -0.4 is 5.73 Å². The first kappa shape index (κ1) is 10.6. The number of nitrogens with two attached hydrogens (primary N) is 1. The second-order valence-electron chi connectivity index (χ2n) is 3.84. The van der Waals surface area contributed by atoms with E-state index >= 15 is 0 Å². The van der Waals surface area contributed by atoms with Gasteiger partial charge in [-0.3, -0.25) is 0 Å². The predicted octanol–water partition coefficient (Wildman–Crippen LogP) is 0.855. The van der Waals surface area contributed by atoms with Gasteiger partial charge in [-0.2, -0.15) is 0 Å². The van der Waals surface area contributed by atoms with E-state index in [1.165, 1.54) is 0 Å². The highest BCUT2D eigenvalue weighted by Gasteiger charge is 2.21. The fourth-order valence-electron chi connectivity index (χ4n) is 1.72. The summed E-state index contributed by atoms with van der Waals surface area (Å²) in [7, 11) is 0. The number of nitrogens with zero attached hydrogens (tertiary/aromatic N) is 2. The molecule has 2 N–H and O–H groups in total. The zero-order chi connectivity index (χ0) is 10.5. The number of ether oxygens (including phenoxy) is 1. The Bertz CT molecular complexity index is 295. The van der Waals surface area contributed by atoms with E-state index in [-0.39, 0.29) is 5.92 Å². The van der Waals surface area contributed by atoms with Gasteiger partial charge in [-0.15, -0.1) is 10.2 Å². The van der Waals surface area contributed by atoms with Gasteiger partial charge in [0.05, 0.1) is 12.5 Å². The highest BCUT2D eigenvalue weighted by molar-refractivity contribution is 4.93. The zero-order valence-corrected chi connectivity index (χ0v) is 8.82. The summed E-state index contributed by atoms with van der Waals surface area (Å²) in [5, 5.41) is 8.06. The van der Waals surface area contributed by atoms with Crippen molar-refractivity contribution in [2.75, 3.05) is 19.8 Å². The highest BCUT2D eigenvalue weighted by Crippen LogP contribution is 2.24. The molecule has 5 nitrogen and oxygen atoms in total. The molecule has 0 aliphatic carbocycles. The third-order valence-electron chi connectivity index (χ3n) is 2.59. The van der Waals surface area contributed by atoms with E-state index < -0.39 is 0 Å². The number of hydrogen-bond acceptors (Lipinski definition) is 5. The van der Waals surface area contributed by atoms with Gasteiger partial charge in [0.15, 0.2) is 0 Å². The molecular formula is C10H17N3O2. The van der Waals surface area contributed by atoms with Gasteiger partial charge < -0.3 is 14.9 Å². The Balaban J connectivity index is 1.93. The van der Waals surface area contributed by atoms with E-state index in [9.17, 15) is 0 Å². The van der Waals surface area contributed by atoms with Gasteiger partial charge in [0, 0.05) is 13.0 Å². The first-order chi connectivity index (χ1) is 7.40. The average Bonchev–Trinajstić information content (AvgIpc) is 2.76. The molecular weight excluding hydrogens is 194 g/mol. The molecule has 1 unspecified atom stereocenters. The van der Waals surface area contributed by atoms with Gasteiger partial charge in [0.25, 0.3) is 0 Å². The Morgan fingerprint density at radius 2 is 2.33 bits per heavy atom. The van der Waals surface area contributed by atoms with Crippen LogP contribution in [0.15, 0.2) is 4.42 Å². The molecule has 1 aliphatic heterocycles. The third-order valence-corrected chi connectivity index (χ3v) is 2.59. The molecule has 0 amide bonds. The zero-order valence-electron chi connectivity index (χ0n) is 8.82. The van der Waals surface area contributed by atoms with E-state index in [1.807, 2.05) is 0 Å². The molecule has 2 heterocycles. The van der Waals surface area contributed by atoms with E-state index in [1.54, 1.807) is 0 Å². The minimum atomic E-state index is 0.290. The van der Waals surface area contributed by atoms with Crippen molar-refractivity contribution in [3.63, 3.8) is 0 Å². The summed E-state index contributed by atoms with van der Waals surface area (Å²) in [5.41, 5.74) is 5.42. The van der Waals surface area contributed by atoms with Crippen molar-refractivity contribution in [2.24, 2.45) is 5.73 Å². The summed E-state index contributed by atoms with van der Waals surface area (Å²) in [4.78, 5) is 0. The predicted molar refractivity (Wildman–Crippen MR) is 54.5 cm³/mol. The molecule has 1 saturated heterocycles. The molecule has 1 aliphatic rings. The van der Waals surface area contributed by atoms with Gasteiger partial charge >= 0.3 is 0 Å². The van der Waals surface area contributed by atoms with Crippen LogP contribution in [0, 0.1) is 0 Å². The first-order valence-electron chi connectivity index (χ1n) is 5.50. The number of rotatable bonds is 4. The van der Waals surface area contributed by atoms with Crippen LogP contribution in [0.2, 0.25) is 0 Å². The summed E-state index contributed by atoms with van der Waals surface area (Å²) in [6, 6.07) is 0. The molecule has 84 valence electrons. The van der Waals surface area contributed by atoms with Crippen LogP contribution in [0.3, 0.4) is 0 Å². The van der Waals surface area contributed by atoms with Gasteiger partial charge in [0.1, 0.15) is 0 Å². The van der Waals surface area contributed by atoms with E-state index in [0.29, 0.717) is 19.0 Å². The summed E-state index contributed by atoms with van der Waals surface area (Å²) < 4.78 is 10.9. The van der Waals surface area contributed by atoms with Crippen molar-refractivity contribution < 1.29 is 9.15 Å². The maximum Gasteiger partial charge on any atom is 0.221 e. The lowest BCUT2D eigenvalue weighted by Crippen LogP contribution is -2.15. The third kappa shape index (κ3) is 2.76. The van der Waals surface area contributed by atoms with Gasteiger partial charge in [-0.1, -0.05) is 0 Å². The number of aryl methyl sites for hydroxylation is 1. The van der Waals surface area contributed by atoms with Gasteiger partial charge in [-0.05, 0) is 25.8 Å². The van der Waals surface area contributed by atoms with Crippen LogP contribution in [0.1, 0.15) is 37.0 Å². The van der Waals surface area contributed by atoms with Crippen LogP contribution >= 0.6 is 0 Å². The summed E-state index contributed by atoms with van der Waals surface area (Å²) in [5.74, 6) is 1.71. The lowest BCUT2D eigenvalue weighted by molar-refractivity contribution is 0.0721. The minimum absolute atomic E-state index is 0.290. The molecule has 1 aromatic heterocycles. The molecule has 0 aromatic carbocycles. The van der Waals surface area contributed by atoms with Crippen LogP contribution in [0.5, 0.6) is 0 Å². The smallest absolute Gasteiger partial charge is 0.221 e. The largest absolute Gasteiger partial charge is 0.425 e. The van der Waals surface area contributed by atoms with Crippen molar-refractivity contribution in [1.82, 2.24) is 10.2 Å². The monoisotopic (exact) mass is 211 g/mol. The second-order valence-corrected chi connectivity index (χ2v) is 3.84. The van der Waals surface area contributed by atoms with Crippen molar-refractivity contribution in [2.45, 2.75) is 31.6 Å². The Hall–Kier alpha value is -0.940. The van der Waals surface area contributed by atoms with Crippen molar-refractivity contribution in [1.29, 1.82) is 0 Å². The van der Waals surface area contributed by atoms with Crippen LogP contribution in [0.4, 0.5) is 0 Å². The normalized spacial score (nSPS) is 21.8. The average molecular weight is 211 g/mol. The Labute approximate surface area is 89.0 Å². The quantitative estimate of drug-likeness (QED) is 0.799. The second kappa shape index (κ2) is 5.23. The number of aromatic nitrogens is 2. The van der Waals surface area contributed by atoms with E-state index in [4.69, 9.17) is 14.9 Å². The van der Waals surface area contributed by atoms with Crippen molar-refractivity contribution in [3.05, 3.63) is 11.8 Å². The van der Waals surface area contributed by atoms with Crippen LogP contribution in [-0.2, 0) is 11.2 Å². The summed E-state index contributed by atoms with van der Waals surface area (Å²) in [6.07, 6.45) is 3.82.